The van der Waals surface area contributed by atoms with Crippen LogP contribution in [0, 0.1) is 0 Å². The molecule has 2 nitrogen and oxygen atoms in total. The second kappa shape index (κ2) is 52.8. The van der Waals surface area contributed by atoms with E-state index < -0.39 is 0 Å². The molecule has 0 aromatic carbocycles. The molecule has 0 bridgehead atoms. The van der Waals surface area contributed by atoms with Crippen LogP contribution < -0.4 is 0 Å². The van der Waals surface area contributed by atoms with Crippen molar-refractivity contribution in [2.24, 2.45) is 0 Å². The van der Waals surface area contributed by atoms with Crippen LogP contribution in [0.1, 0.15) is 6.92 Å². The topological polar surface area (TPSA) is 40.5 Å². The van der Waals surface area contributed by atoms with Crippen LogP contribution in [0.15, 0.2) is 0 Å². The maximum absolute atomic E-state index is 7.57. The van der Waals surface area contributed by atoms with E-state index in [4.69, 9.17) is 10.2 Å². The summed E-state index contributed by atoms with van der Waals surface area (Å²) in [7, 11) is 1.00. The molecule has 0 atom stereocenters. The second-order valence-corrected chi connectivity index (χ2v) is 0.316. The van der Waals surface area contributed by atoms with Crippen molar-refractivity contribution in [1.82, 2.24) is 0 Å². The zero-order valence-electron chi connectivity index (χ0n) is 3.92. The van der Waals surface area contributed by atoms with Gasteiger partial charge in [0.1, 0.15) is 0 Å². The van der Waals surface area contributed by atoms with Gasteiger partial charge in [0, 0.05) is 30.2 Å². The van der Waals surface area contributed by atoms with Crippen molar-refractivity contribution >= 4 is 0 Å². The molecule has 0 radical (unpaired) electrons. The molecule has 0 amide bonds. The normalized spacial score (nSPS) is 4.00. The zero-order chi connectivity index (χ0) is 4.71. The molecule has 0 aliphatic rings. The van der Waals surface area contributed by atoms with Gasteiger partial charge in [0.2, 0.25) is 0 Å². The van der Waals surface area contributed by atoms with Gasteiger partial charge in [-0.3, -0.25) is 0 Å². The first-order valence-corrected chi connectivity index (χ1v) is 1.47. The predicted molar refractivity (Wildman–Crippen MR) is 20.9 cm³/mol. The maximum atomic E-state index is 7.57. The van der Waals surface area contributed by atoms with Crippen LogP contribution in [0.2, 0.25) is 0 Å². The molecule has 0 spiro atoms. The van der Waals surface area contributed by atoms with E-state index in [-0.39, 0.29) is 23.1 Å². The summed E-state index contributed by atoms with van der Waals surface area (Å²) in [5.41, 5.74) is 0. The summed E-state index contributed by atoms with van der Waals surface area (Å²) >= 11 is 0. The summed E-state index contributed by atoms with van der Waals surface area (Å²) in [4.78, 5) is 0. The Labute approximate surface area is 48.1 Å². The number of aliphatic hydroxyl groups is 2. The third kappa shape index (κ3) is 301. The summed E-state index contributed by atoms with van der Waals surface area (Å²) in [5, 5.41) is 14.6. The Kier molecular flexibility index (Phi) is 142. The van der Waals surface area contributed by atoms with E-state index in [2.05, 4.69) is 0 Å². The number of hydrogen-bond donors (Lipinski definition) is 2. The average molecular weight is 137 g/mol. The number of rotatable bonds is 0. The molecule has 2 N–H and O–H groups in total. The first kappa shape index (κ1) is 16.1. The van der Waals surface area contributed by atoms with E-state index in [1.54, 1.807) is 6.92 Å². The molecule has 0 saturated carbocycles. The van der Waals surface area contributed by atoms with Crippen LogP contribution >= 0.6 is 0 Å². The van der Waals surface area contributed by atoms with Gasteiger partial charge >= 0.3 is 0 Å². The van der Waals surface area contributed by atoms with Gasteiger partial charge in [-0.2, -0.15) is 0 Å². The Bertz CT molecular complexity index is 8.75. The minimum atomic E-state index is 0. The first-order chi connectivity index (χ1) is 2.41. The van der Waals surface area contributed by atoms with Crippen molar-refractivity contribution in [3.05, 3.63) is 0 Å². The molecule has 0 heterocycles. The quantitative estimate of drug-likeness (QED) is 0.446. The standard InChI is InChI=1S/C2H6O.CH4O.Ni/c1-2-3;1-2;/h3H,2H2,1H3;2H,1H3;. The van der Waals surface area contributed by atoms with Gasteiger partial charge in [-0.25, -0.2) is 0 Å². The number of hydrogen-bond acceptors (Lipinski definition) is 2. The van der Waals surface area contributed by atoms with Crippen molar-refractivity contribution in [2.45, 2.75) is 6.92 Å². The molecule has 0 saturated heterocycles. The minimum Gasteiger partial charge on any atom is -0.400 e. The van der Waals surface area contributed by atoms with E-state index >= 15 is 0 Å². The molecule has 0 rings (SSSR count). The number of aliphatic hydroxyl groups excluding tert-OH is 2. The molecule has 0 aliphatic heterocycles. The summed E-state index contributed by atoms with van der Waals surface area (Å²) < 4.78 is 0. The van der Waals surface area contributed by atoms with Crippen LogP contribution in [0.3, 0.4) is 0 Å². The van der Waals surface area contributed by atoms with E-state index in [9.17, 15) is 0 Å². The van der Waals surface area contributed by atoms with Gasteiger partial charge in [-0.05, 0) is 6.92 Å². The fourth-order valence-corrected chi connectivity index (χ4v) is 0. The molecule has 0 fully saturated rings. The largest absolute Gasteiger partial charge is 0.400 e. The second-order valence-electron chi connectivity index (χ2n) is 0.316. The van der Waals surface area contributed by atoms with Crippen LogP contribution in [0.4, 0.5) is 0 Å². The minimum absolute atomic E-state index is 0. The van der Waals surface area contributed by atoms with Crippen molar-refractivity contribution in [3.8, 4) is 0 Å². The summed E-state index contributed by atoms with van der Waals surface area (Å²) in [6, 6.07) is 0. The third-order valence-electron chi connectivity index (χ3n) is 0. The van der Waals surface area contributed by atoms with Gasteiger partial charge in [0.15, 0.2) is 0 Å². The Hall–Kier alpha value is 0.414. The van der Waals surface area contributed by atoms with Gasteiger partial charge < -0.3 is 10.2 Å². The smallest absolute Gasteiger partial charge is 0.0402 e. The Morgan fingerprint density at radius 3 is 1.33 bits per heavy atom. The molecular formula is C3H10NiO2. The monoisotopic (exact) mass is 136 g/mol. The van der Waals surface area contributed by atoms with Crippen LogP contribution in [0.25, 0.3) is 0 Å². The van der Waals surface area contributed by atoms with Crippen molar-refractivity contribution in [2.75, 3.05) is 13.7 Å². The fourth-order valence-electron chi connectivity index (χ4n) is 0. The molecule has 3 heteroatoms. The van der Waals surface area contributed by atoms with Gasteiger partial charge in [0.05, 0.1) is 0 Å². The van der Waals surface area contributed by atoms with E-state index in [0.29, 0.717) is 0 Å². The van der Waals surface area contributed by atoms with Crippen molar-refractivity contribution in [3.63, 3.8) is 0 Å². The predicted octanol–water partition coefficient (Wildman–Crippen LogP) is -0.395. The zero-order valence-corrected chi connectivity index (χ0v) is 4.91. The maximum Gasteiger partial charge on any atom is 0.0402 e. The third-order valence-corrected chi connectivity index (χ3v) is 0. The Morgan fingerprint density at radius 2 is 1.33 bits per heavy atom. The first-order valence-electron chi connectivity index (χ1n) is 1.47. The van der Waals surface area contributed by atoms with E-state index in [1.807, 2.05) is 0 Å². The molecule has 6 heavy (non-hydrogen) atoms. The molecule has 0 aromatic heterocycles. The Morgan fingerprint density at radius 1 is 1.33 bits per heavy atom. The average Bonchev–Trinajstić information content (AvgIpc) is 1.46. The van der Waals surface area contributed by atoms with E-state index in [1.165, 1.54) is 0 Å². The fraction of sp³-hybridized carbons (Fsp3) is 1.00. The summed E-state index contributed by atoms with van der Waals surface area (Å²) in [5.74, 6) is 0. The van der Waals surface area contributed by atoms with Crippen LogP contribution in [-0.4, -0.2) is 23.9 Å². The molecule has 0 aliphatic carbocycles. The summed E-state index contributed by atoms with van der Waals surface area (Å²) in [6.45, 7) is 1.93. The van der Waals surface area contributed by atoms with E-state index in [0.717, 1.165) is 7.11 Å². The molecular weight excluding hydrogens is 127 g/mol. The van der Waals surface area contributed by atoms with Gasteiger partial charge in [-0.1, -0.05) is 0 Å². The molecule has 44 valence electrons. The molecule has 0 aromatic rings. The Balaban J connectivity index is -0.0000000275. The van der Waals surface area contributed by atoms with Crippen molar-refractivity contribution in [1.29, 1.82) is 0 Å². The van der Waals surface area contributed by atoms with Crippen LogP contribution in [-0.2, 0) is 16.5 Å². The van der Waals surface area contributed by atoms with Gasteiger partial charge in [-0.15, -0.1) is 0 Å². The van der Waals surface area contributed by atoms with Crippen LogP contribution in [0.5, 0.6) is 0 Å². The summed E-state index contributed by atoms with van der Waals surface area (Å²) in [6.07, 6.45) is 0. The SMILES string of the molecule is CCO.CO.[Ni]. The van der Waals surface area contributed by atoms with Gasteiger partial charge in [0.25, 0.3) is 0 Å². The molecule has 0 unspecified atom stereocenters. The van der Waals surface area contributed by atoms with Crippen molar-refractivity contribution < 1.29 is 26.7 Å².